The summed E-state index contributed by atoms with van der Waals surface area (Å²) in [6, 6.07) is 0. The van der Waals surface area contributed by atoms with E-state index >= 15 is 0 Å². The highest BCUT2D eigenvalue weighted by molar-refractivity contribution is 5.86. The van der Waals surface area contributed by atoms with Gasteiger partial charge in [-0.25, -0.2) is 0 Å². The maximum atomic E-state index is 5.54. The van der Waals surface area contributed by atoms with Crippen molar-refractivity contribution in [2.45, 2.75) is 0 Å². The van der Waals surface area contributed by atoms with Crippen LogP contribution in [0.1, 0.15) is 0 Å². The number of aryl methyl sites for hydroxylation is 1. The third-order valence-electron chi connectivity index (χ3n) is 1.61. The second-order valence-corrected chi connectivity index (χ2v) is 2.30. The molecule has 56 valence electrons. The summed E-state index contributed by atoms with van der Waals surface area (Å²) >= 11 is 0. The Kier molecular flexibility index (Phi) is 1.06. The SMILES string of the molecule is Cn1ncc2c(N)nncc21. The molecule has 5 heteroatoms. The Morgan fingerprint density at radius 3 is 3.00 bits per heavy atom. The van der Waals surface area contributed by atoms with Gasteiger partial charge in [0.05, 0.1) is 23.3 Å². The Balaban J connectivity index is 2.94. The van der Waals surface area contributed by atoms with Gasteiger partial charge in [0.1, 0.15) is 0 Å². The summed E-state index contributed by atoms with van der Waals surface area (Å²) < 4.78 is 1.71. The van der Waals surface area contributed by atoms with Crippen LogP contribution in [-0.2, 0) is 7.05 Å². The molecule has 0 bridgehead atoms. The monoisotopic (exact) mass is 149 g/mol. The molecular formula is C6H7N5. The summed E-state index contributed by atoms with van der Waals surface area (Å²) in [6.07, 6.45) is 3.32. The summed E-state index contributed by atoms with van der Waals surface area (Å²) in [5.74, 6) is 0.426. The van der Waals surface area contributed by atoms with Gasteiger partial charge in [0.25, 0.3) is 0 Å². The van der Waals surface area contributed by atoms with Crippen molar-refractivity contribution in [2.24, 2.45) is 7.05 Å². The third-order valence-corrected chi connectivity index (χ3v) is 1.61. The molecule has 0 atom stereocenters. The molecule has 2 aromatic heterocycles. The summed E-state index contributed by atoms with van der Waals surface area (Å²) in [5, 5.41) is 12.3. The molecule has 5 nitrogen and oxygen atoms in total. The van der Waals surface area contributed by atoms with Gasteiger partial charge in [-0.3, -0.25) is 4.68 Å². The van der Waals surface area contributed by atoms with Gasteiger partial charge >= 0.3 is 0 Å². The van der Waals surface area contributed by atoms with Crippen LogP contribution in [0.25, 0.3) is 10.9 Å². The summed E-state index contributed by atoms with van der Waals surface area (Å²) in [5.41, 5.74) is 6.44. The molecule has 0 aliphatic carbocycles. The molecule has 2 aromatic rings. The number of anilines is 1. The van der Waals surface area contributed by atoms with Crippen molar-refractivity contribution in [3.05, 3.63) is 12.4 Å². The van der Waals surface area contributed by atoms with Crippen molar-refractivity contribution in [3.63, 3.8) is 0 Å². The van der Waals surface area contributed by atoms with Crippen LogP contribution in [-0.4, -0.2) is 20.0 Å². The maximum absolute atomic E-state index is 5.54. The lowest BCUT2D eigenvalue weighted by molar-refractivity contribution is 0.794. The molecule has 11 heavy (non-hydrogen) atoms. The maximum Gasteiger partial charge on any atom is 0.157 e. The highest BCUT2D eigenvalue weighted by atomic mass is 15.3. The zero-order chi connectivity index (χ0) is 7.84. The fraction of sp³-hybridized carbons (Fsp3) is 0.167. The Morgan fingerprint density at radius 2 is 2.27 bits per heavy atom. The Bertz CT molecular complexity index is 391. The van der Waals surface area contributed by atoms with E-state index in [4.69, 9.17) is 5.73 Å². The lowest BCUT2D eigenvalue weighted by Crippen LogP contribution is -1.94. The van der Waals surface area contributed by atoms with E-state index in [0.29, 0.717) is 5.82 Å². The Morgan fingerprint density at radius 1 is 1.45 bits per heavy atom. The van der Waals surface area contributed by atoms with Crippen molar-refractivity contribution >= 4 is 16.7 Å². The highest BCUT2D eigenvalue weighted by Crippen LogP contribution is 2.14. The van der Waals surface area contributed by atoms with Gasteiger partial charge in [-0.2, -0.15) is 10.2 Å². The lowest BCUT2D eigenvalue weighted by atomic mass is 10.3. The van der Waals surface area contributed by atoms with Crippen LogP contribution in [0.5, 0.6) is 0 Å². The van der Waals surface area contributed by atoms with Gasteiger partial charge in [-0.1, -0.05) is 0 Å². The van der Waals surface area contributed by atoms with Crippen LogP contribution in [0.15, 0.2) is 12.4 Å². The quantitative estimate of drug-likeness (QED) is 0.570. The van der Waals surface area contributed by atoms with Crippen molar-refractivity contribution in [3.8, 4) is 0 Å². The van der Waals surface area contributed by atoms with E-state index in [-0.39, 0.29) is 0 Å². The van der Waals surface area contributed by atoms with Gasteiger partial charge in [-0.15, -0.1) is 5.10 Å². The van der Waals surface area contributed by atoms with Crippen molar-refractivity contribution in [1.29, 1.82) is 0 Å². The number of rotatable bonds is 0. The number of hydrogen-bond acceptors (Lipinski definition) is 4. The zero-order valence-corrected chi connectivity index (χ0v) is 6.02. The molecule has 0 saturated carbocycles. The minimum absolute atomic E-state index is 0.426. The fourth-order valence-electron chi connectivity index (χ4n) is 0.997. The minimum atomic E-state index is 0.426. The molecule has 0 fully saturated rings. The highest BCUT2D eigenvalue weighted by Gasteiger charge is 2.02. The molecule has 0 aromatic carbocycles. The van der Waals surface area contributed by atoms with Gasteiger partial charge in [0, 0.05) is 7.05 Å². The van der Waals surface area contributed by atoms with E-state index in [9.17, 15) is 0 Å². The normalized spacial score (nSPS) is 10.6. The average Bonchev–Trinajstić information content (AvgIpc) is 2.35. The Labute approximate surface area is 62.8 Å². The molecule has 2 rings (SSSR count). The van der Waals surface area contributed by atoms with Crippen LogP contribution in [0, 0.1) is 0 Å². The molecule has 2 N–H and O–H groups in total. The lowest BCUT2D eigenvalue weighted by Gasteiger charge is -1.92. The van der Waals surface area contributed by atoms with Gasteiger partial charge < -0.3 is 5.73 Å². The van der Waals surface area contributed by atoms with E-state index in [1.54, 1.807) is 17.1 Å². The van der Waals surface area contributed by atoms with Crippen molar-refractivity contribution in [1.82, 2.24) is 20.0 Å². The summed E-state index contributed by atoms with van der Waals surface area (Å²) in [4.78, 5) is 0. The van der Waals surface area contributed by atoms with Crippen LogP contribution in [0.3, 0.4) is 0 Å². The van der Waals surface area contributed by atoms with E-state index in [1.807, 2.05) is 7.05 Å². The fourth-order valence-corrected chi connectivity index (χ4v) is 0.997. The largest absolute Gasteiger partial charge is 0.382 e. The number of aromatic nitrogens is 4. The van der Waals surface area contributed by atoms with Crippen molar-refractivity contribution < 1.29 is 0 Å². The molecule has 0 aliphatic rings. The standard InChI is InChI=1S/C6H7N5/c1-11-5-3-8-10-6(7)4(5)2-9-11/h2-3H,1H3,(H2,7,10). The minimum Gasteiger partial charge on any atom is -0.382 e. The molecular weight excluding hydrogens is 142 g/mol. The third kappa shape index (κ3) is 0.739. The molecule has 0 aliphatic heterocycles. The van der Waals surface area contributed by atoms with Gasteiger partial charge in [-0.05, 0) is 0 Å². The van der Waals surface area contributed by atoms with E-state index in [1.165, 1.54) is 0 Å². The zero-order valence-electron chi connectivity index (χ0n) is 6.02. The van der Waals surface area contributed by atoms with Gasteiger partial charge in [0.15, 0.2) is 5.82 Å². The number of hydrogen-bond donors (Lipinski definition) is 1. The number of nitrogens with zero attached hydrogens (tertiary/aromatic N) is 4. The average molecular weight is 149 g/mol. The second kappa shape index (κ2) is 1.91. The second-order valence-electron chi connectivity index (χ2n) is 2.30. The number of fused-ring (bicyclic) bond motifs is 1. The van der Waals surface area contributed by atoms with Crippen LogP contribution >= 0.6 is 0 Å². The predicted octanol–water partition coefficient (Wildman–Crippen LogP) is -0.0545. The van der Waals surface area contributed by atoms with E-state index in [0.717, 1.165) is 10.9 Å². The first kappa shape index (κ1) is 6.09. The van der Waals surface area contributed by atoms with Crippen LogP contribution in [0.2, 0.25) is 0 Å². The topological polar surface area (TPSA) is 69.6 Å². The van der Waals surface area contributed by atoms with Crippen LogP contribution in [0.4, 0.5) is 5.82 Å². The smallest absolute Gasteiger partial charge is 0.157 e. The first-order valence-electron chi connectivity index (χ1n) is 3.18. The van der Waals surface area contributed by atoms with E-state index < -0.39 is 0 Å². The van der Waals surface area contributed by atoms with Crippen LogP contribution < -0.4 is 5.73 Å². The Hall–Kier alpha value is -1.65. The van der Waals surface area contributed by atoms with E-state index in [2.05, 4.69) is 15.3 Å². The number of nitrogens with two attached hydrogens (primary N) is 1. The predicted molar refractivity (Wildman–Crippen MR) is 40.7 cm³/mol. The summed E-state index contributed by atoms with van der Waals surface area (Å²) in [7, 11) is 1.84. The van der Waals surface area contributed by atoms with Gasteiger partial charge in [0.2, 0.25) is 0 Å². The molecule has 0 unspecified atom stereocenters. The molecule has 2 heterocycles. The summed E-state index contributed by atoms with van der Waals surface area (Å²) in [6.45, 7) is 0. The molecule has 0 saturated heterocycles. The number of nitrogen functional groups attached to an aromatic ring is 1. The van der Waals surface area contributed by atoms with Crippen molar-refractivity contribution in [2.75, 3.05) is 5.73 Å². The molecule has 0 radical (unpaired) electrons. The molecule has 0 spiro atoms. The molecule has 0 amide bonds. The first-order valence-corrected chi connectivity index (χ1v) is 3.18. The first-order chi connectivity index (χ1) is 5.29.